The number of rotatable bonds is 1. The Bertz CT molecular complexity index is 512. The van der Waals surface area contributed by atoms with Gasteiger partial charge in [0.15, 0.2) is 0 Å². The summed E-state index contributed by atoms with van der Waals surface area (Å²) in [5, 5.41) is 9.84. The summed E-state index contributed by atoms with van der Waals surface area (Å²) in [7, 11) is 1.92. The molecule has 3 heteroatoms. The van der Waals surface area contributed by atoms with Crippen LogP contribution in [-0.4, -0.2) is 15.6 Å². The fourth-order valence-electron chi connectivity index (χ4n) is 1.85. The molecular formula is C13H17NO2. The van der Waals surface area contributed by atoms with Crippen molar-refractivity contribution in [2.24, 2.45) is 7.05 Å². The number of carbonyl (C=O) groups is 1. The van der Waals surface area contributed by atoms with Gasteiger partial charge in [-0.3, -0.25) is 0 Å². The van der Waals surface area contributed by atoms with E-state index in [1.165, 1.54) is 0 Å². The number of fused-ring (bicyclic) bond motifs is 1. The summed E-state index contributed by atoms with van der Waals surface area (Å²) in [6, 6.07) is 5.33. The summed E-state index contributed by atoms with van der Waals surface area (Å²) in [6.07, 6.45) is 1.94. The minimum absolute atomic E-state index is 0.376. The number of aromatic carboxylic acids is 1. The van der Waals surface area contributed by atoms with Crippen LogP contribution in [0.5, 0.6) is 0 Å². The van der Waals surface area contributed by atoms with Gasteiger partial charge >= 0.3 is 5.97 Å². The predicted molar refractivity (Wildman–Crippen MR) is 66.0 cm³/mol. The standard InChI is InChI=1S/C11H11NO2.C2H6/c1-7-6-12(2)9-5-3-4-8(10(7)9)11(13)14;1-2/h3-6H,1-2H3,(H,13,14);1-2H3. The molecule has 2 rings (SSSR count). The van der Waals surface area contributed by atoms with Gasteiger partial charge in [0.2, 0.25) is 0 Å². The molecule has 0 aliphatic heterocycles. The van der Waals surface area contributed by atoms with Crippen molar-refractivity contribution in [3.63, 3.8) is 0 Å². The van der Waals surface area contributed by atoms with E-state index in [9.17, 15) is 4.79 Å². The molecule has 1 aromatic heterocycles. The maximum absolute atomic E-state index is 11.0. The number of benzene rings is 1. The van der Waals surface area contributed by atoms with Crippen LogP contribution in [-0.2, 0) is 7.05 Å². The monoisotopic (exact) mass is 219 g/mol. The Labute approximate surface area is 95.3 Å². The zero-order chi connectivity index (χ0) is 12.3. The van der Waals surface area contributed by atoms with Crippen molar-refractivity contribution < 1.29 is 9.90 Å². The van der Waals surface area contributed by atoms with Gasteiger partial charge in [-0.05, 0) is 24.6 Å². The fourth-order valence-corrected chi connectivity index (χ4v) is 1.85. The van der Waals surface area contributed by atoms with E-state index >= 15 is 0 Å². The Morgan fingerprint density at radius 1 is 1.31 bits per heavy atom. The second kappa shape index (κ2) is 4.84. The molecule has 86 valence electrons. The van der Waals surface area contributed by atoms with E-state index in [2.05, 4.69) is 0 Å². The third-order valence-corrected chi connectivity index (χ3v) is 2.43. The van der Waals surface area contributed by atoms with Gasteiger partial charge in [-0.15, -0.1) is 0 Å². The van der Waals surface area contributed by atoms with Crippen molar-refractivity contribution >= 4 is 16.9 Å². The second-order valence-corrected chi connectivity index (χ2v) is 3.43. The molecule has 0 amide bonds. The Hall–Kier alpha value is -1.77. The first kappa shape index (κ1) is 12.3. The molecule has 16 heavy (non-hydrogen) atoms. The third kappa shape index (κ3) is 1.94. The first-order chi connectivity index (χ1) is 7.61. The first-order valence-electron chi connectivity index (χ1n) is 5.39. The van der Waals surface area contributed by atoms with Crippen LogP contribution < -0.4 is 0 Å². The molecule has 0 saturated heterocycles. The van der Waals surface area contributed by atoms with Crippen LogP contribution in [0.15, 0.2) is 24.4 Å². The number of carboxylic acid groups (broad SMARTS) is 1. The highest BCUT2D eigenvalue weighted by atomic mass is 16.4. The largest absolute Gasteiger partial charge is 0.478 e. The van der Waals surface area contributed by atoms with E-state index in [1.54, 1.807) is 12.1 Å². The summed E-state index contributed by atoms with van der Waals surface area (Å²) >= 11 is 0. The number of aryl methyl sites for hydroxylation is 2. The Balaban J connectivity index is 0.000000606. The lowest BCUT2D eigenvalue weighted by Crippen LogP contribution is -1.97. The molecule has 0 atom stereocenters. The molecule has 0 aliphatic carbocycles. The van der Waals surface area contributed by atoms with Crippen LogP contribution in [0.25, 0.3) is 10.9 Å². The van der Waals surface area contributed by atoms with Crippen LogP contribution >= 0.6 is 0 Å². The Morgan fingerprint density at radius 2 is 1.94 bits per heavy atom. The van der Waals surface area contributed by atoms with E-state index in [-0.39, 0.29) is 0 Å². The molecule has 0 saturated carbocycles. The molecule has 0 bridgehead atoms. The van der Waals surface area contributed by atoms with Crippen molar-refractivity contribution in [2.45, 2.75) is 20.8 Å². The first-order valence-corrected chi connectivity index (χ1v) is 5.39. The molecular weight excluding hydrogens is 202 g/mol. The van der Waals surface area contributed by atoms with Gasteiger partial charge in [0.05, 0.1) is 5.56 Å². The number of nitrogens with zero attached hydrogens (tertiary/aromatic N) is 1. The van der Waals surface area contributed by atoms with Crippen LogP contribution in [0.4, 0.5) is 0 Å². The fraction of sp³-hybridized carbons (Fsp3) is 0.308. The summed E-state index contributed by atoms with van der Waals surface area (Å²) in [5.41, 5.74) is 2.34. The van der Waals surface area contributed by atoms with Gasteiger partial charge in [0, 0.05) is 24.1 Å². The van der Waals surface area contributed by atoms with E-state index in [0.29, 0.717) is 5.56 Å². The quantitative estimate of drug-likeness (QED) is 0.800. The highest BCUT2D eigenvalue weighted by Crippen LogP contribution is 2.23. The smallest absolute Gasteiger partial charge is 0.336 e. The maximum Gasteiger partial charge on any atom is 0.336 e. The molecule has 0 fully saturated rings. The third-order valence-electron chi connectivity index (χ3n) is 2.43. The zero-order valence-electron chi connectivity index (χ0n) is 10.1. The summed E-state index contributed by atoms with van der Waals surface area (Å²) in [4.78, 5) is 11.0. The lowest BCUT2D eigenvalue weighted by Gasteiger charge is -1.99. The molecule has 0 aliphatic rings. The highest BCUT2D eigenvalue weighted by Gasteiger charge is 2.12. The Morgan fingerprint density at radius 3 is 2.50 bits per heavy atom. The Kier molecular flexibility index (Phi) is 3.72. The number of aromatic nitrogens is 1. The maximum atomic E-state index is 11.0. The normalized spacial score (nSPS) is 9.75. The second-order valence-electron chi connectivity index (χ2n) is 3.43. The summed E-state index contributed by atoms with van der Waals surface area (Å²) < 4.78 is 1.94. The molecule has 0 unspecified atom stereocenters. The molecule has 1 heterocycles. The molecule has 1 N–H and O–H groups in total. The molecule has 1 aromatic carbocycles. The average molecular weight is 219 g/mol. The van der Waals surface area contributed by atoms with Crippen molar-refractivity contribution in [1.82, 2.24) is 4.57 Å². The van der Waals surface area contributed by atoms with Gasteiger partial charge < -0.3 is 9.67 Å². The lowest BCUT2D eigenvalue weighted by atomic mass is 10.1. The van der Waals surface area contributed by atoms with Gasteiger partial charge in [0.1, 0.15) is 0 Å². The minimum atomic E-state index is -0.870. The predicted octanol–water partition coefficient (Wildman–Crippen LogP) is 3.21. The van der Waals surface area contributed by atoms with E-state index in [0.717, 1.165) is 16.5 Å². The van der Waals surface area contributed by atoms with Gasteiger partial charge in [-0.25, -0.2) is 4.79 Å². The van der Waals surface area contributed by atoms with E-state index in [1.807, 2.05) is 44.6 Å². The topological polar surface area (TPSA) is 42.2 Å². The molecule has 0 spiro atoms. The molecule has 2 aromatic rings. The SMILES string of the molecule is CC.Cc1cn(C)c2cccc(C(=O)O)c12. The van der Waals surface area contributed by atoms with Crippen molar-refractivity contribution in [1.29, 1.82) is 0 Å². The lowest BCUT2D eigenvalue weighted by molar-refractivity contribution is 0.0699. The summed E-state index contributed by atoms with van der Waals surface area (Å²) in [5.74, 6) is -0.870. The molecule has 0 radical (unpaired) electrons. The molecule has 3 nitrogen and oxygen atoms in total. The van der Waals surface area contributed by atoms with E-state index < -0.39 is 5.97 Å². The van der Waals surface area contributed by atoms with Gasteiger partial charge in [0.25, 0.3) is 0 Å². The highest BCUT2D eigenvalue weighted by molar-refractivity contribution is 6.04. The zero-order valence-corrected chi connectivity index (χ0v) is 10.1. The van der Waals surface area contributed by atoms with Crippen molar-refractivity contribution in [3.05, 3.63) is 35.5 Å². The summed E-state index contributed by atoms with van der Waals surface area (Å²) in [6.45, 7) is 5.93. The van der Waals surface area contributed by atoms with Crippen LogP contribution in [0.2, 0.25) is 0 Å². The van der Waals surface area contributed by atoms with E-state index in [4.69, 9.17) is 5.11 Å². The van der Waals surface area contributed by atoms with Crippen LogP contribution in [0.1, 0.15) is 29.8 Å². The number of hydrogen-bond acceptors (Lipinski definition) is 1. The van der Waals surface area contributed by atoms with Crippen molar-refractivity contribution in [2.75, 3.05) is 0 Å². The van der Waals surface area contributed by atoms with Crippen LogP contribution in [0, 0.1) is 6.92 Å². The minimum Gasteiger partial charge on any atom is -0.478 e. The van der Waals surface area contributed by atoms with Crippen LogP contribution in [0.3, 0.4) is 0 Å². The van der Waals surface area contributed by atoms with Gasteiger partial charge in [-0.1, -0.05) is 19.9 Å². The van der Waals surface area contributed by atoms with Crippen molar-refractivity contribution in [3.8, 4) is 0 Å². The average Bonchev–Trinajstić information content (AvgIpc) is 2.58. The number of hydrogen-bond donors (Lipinski definition) is 1. The van der Waals surface area contributed by atoms with Gasteiger partial charge in [-0.2, -0.15) is 0 Å². The number of carboxylic acids is 1.